The summed E-state index contributed by atoms with van der Waals surface area (Å²) in [5.74, 6) is -1.39. The van der Waals surface area contributed by atoms with Crippen LogP contribution >= 0.6 is 11.6 Å². The van der Waals surface area contributed by atoms with Gasteiger partial charge >= 0.3 is 0 Å². The summed E-state index contributed by atoms with van der Waals surface area (Å²) in [6.45, 7) is 2.03. The molecule has 0 bridgehead atoms. The van der Waals surface area contributed by atoms with Crippen molar-refractivity contribution in [1.29, 1.82) is 0 Å². The molecule has 0 aromatic heterocycles. The number of halogens is 1. The molecule has 1 atom stereocenters. The summed E-state index contributed by atoms with van der Waals surface area (Å²) < 4.78 is 0. The number of nitrogens with one attached hydrogen (secondary N) is 3. The van der Waals surface area contributed by atoms with Crippen molar-refractivity contribution in [2.75, 3.05) is 0 Å². The van der Waals surface area contributed by atoms with Crippen LogP contribution < -0.4 is 16.2 Å². The van der Waals surface area contributed by atoms with E-state index in [0.717, 1.165) is 17.5 Å². The molecule has 0 radical (unpaired) electrons. The fourth-order valence-electron chi connectivity index (χ4n) is 3.07. The lowest BCUT2D eigenvalue weighted by Crippen LogP contribution is -2.53. The molecule has 0 spiro atoms. The summed E-state index contributed by atoms with van der Waals surface area (Å²) in [7, 11) is 0. The van der Waals surface area contributed by atoms with Gasteiger partial charge in [-0.3, -0.25) is 25.2 Å². The summed E-state index contributed by atoms with van der Waals surface area (Å²) >= 11 is 5.88. The average molecular weight is 450 g/mol. The van der Waals surface area contributed by atoms with Gasteiger partial charge in [0.25, 0.3) is 17.7 Å². The normalized spacial score (nSPS) is 11.3. The van der Waals surface area contributed by atoms with Crippen molar-refractivity contribution < 1.29 is 14.4 Å². The van der Waals surface area contributed by atoms with Gasteiger partial charge in [0, 0.05) is 22.6 Å². The third-order valence-corrected chi connectivity index (χ3v) is 5.19. The highest BCUT2D eigenvalue weighted by Gasteiger charge is 2.22. The van der Waals surface area contributed by atoms with Crippen LogP contribution in [0.25, 0.3) is 0 Å². The minimum absolute atomic E-state index is 0.257. The smallest absolute Gasteiger partial charge is 0.269 e. The van der Waals surface area contributed by atoms with Crippen LogP contribution in [0.1, 0.15) is 38.8 Å². The first-order valence-corrected chi connectivity index (χ1v) is 10.6. The zero-order valence-corrected chi connectivity index (χ0v) is 18.4. The highest BCUT2D eigenvalue weighted by Crippen LogP contribution is 2.11. The summed E-state index contributed by atoms with van der Waals surface area (Å²) in [6.07, 6.45) is 1.13. The molecule has 3 aromatic carbocycles. The monoisotopic (exact) mass is 449 g/mol. The molecule has 0 unspecified atom stereocenters. The molecule has 3 aromatic rings. The van der Waals surface area contributed by atoms with Crippen LogP contribution in [0, 0.1) is 0 Å². The fourth-order valence-corrected chi connectivity index (χ4v) is 3.20. The second-order valence-corrected chi connectivity index (χ2v) is 7.65. The zero-order chi connectivity index (χ0) is 22.9. The predicted octanol–water partition coefficient (Wildman–Crippen LogP) is 3.70. The van der Waals surface area contributed by atoms with Gasteiger partial charge in [-0.05, 0) is 53.9 Å². The molecule has 7 heteroatoms. The minimum Gasteiger partial charge on any atom is -0.340 e. The van der Waals surface area contributed by atoms with Crippen molar-refractivity contribution in [1.82, 2.24) is 16.2 Å². The topological polar surface area (TPSA) is 87.3 Å². The minimum atomic E-state index is -0.900. The third-order valence-electron chi connectivity index (χ3n) is 4.93. The lowest BCUT2D eigenvalue weighted by molar-refractivity contribution is -0.123. The number of carbonyl (C=O) groups is 3. The van der Waals surface area contributed by atoms with Gasteiger partial charge in [0.05, 0.1) is 0 Å². The van der Waals surface area contributed by atoms with Crippen molar-refractivity contribution in [2.45, 2.75) is 25.8 Å². The maximum atomic E-state index is 12.8. The average Bonchev–Trinajstić information content (AvgIpc) is 2.83. The highest BCUT2D eigenvalue weighted by atomic mass is 35.5. The number of hydrazine groups is 1. The molecule has 0 saturated heterocycles. The number of rotatable bonds is 7. The molecule has 0 heterocycles. The molecule has 0 aliphatic carbocycles. The Morgan fingerprint density at radius 3 is 1.97 bits per heavy atom. The van der Waals surface area contributed by atoms with E-state index in [2.05, 4.69) is 16.2 Å². The number of carbonyl (C=O) groups excluding carboxylic acids is 3. The lowest BCUT2D eigenvalue weighted by atomic mass is 10.0. The second kappa shape index (κ2) is 11.1. The van der Waals surface area contributed by atoms with Crippen LogP contribution in [-0.2, 0) is 17.6 Å². The van der Waals surface area contributed by atoms with Gasteiger partial charge in [-0.1, -0.05) is 61.0 Å². The quantitative estimate of drug-likeness (QED) is 0.480. The van der Waals surface area contributed by atoms with E-state index in [-0.39, 0.29) is 6.42 Å². The molecule has 0 aliphatic rings. The SMILES string of the molecule is CCc1ccc(C(=O)NNC(=O)[C@H](Cc2ccccc2)NC(=O)c2ccc(Cl)cc2)cc1. The standard InChI is InChI=1S/C25H24ClN3O3/c1-2-17-8-10-20(11-9-17)24(31)28-29-25(32)22(16-18-6-4-3-5-7-18)27-23(30)19-12-14-21(26)15-13-19/h3-15,22H,2,16H2,1H3,(H,27,30)(H,28,31)(H,29,32)/t22-/m0/s1. The fraction of sp³-hybridized carbons (Fsp3) is 0.160. The zero-order valence-electron chi connectivity index (χ0n) is 17.6. The third kappa shape index (κ3) is 6.43. The Kier molecular flexibility index (Phi) is 8.00. The first-order valence-electron chi connectivity index (χ1n) is 10.3. The number of aryl methyl sites for hydroxylation is 1. The maximum absolute atomic E-state index is 12.8. The van der Waals surface area contributed by atoms with E-state index >= 15 is 0 Å². The van der Waals surface area contributed by atoms with Gasteiger partial charge in [0.2, 0.25) is 0 Å². The molecule has 0 saturated carbocycles. The van der Waals surface area contributed by atoms with Crippen molar-refractivity contribution >= 4 is 29.3 Å². The van der Waals surface area contributed by atoms with Crippen LogP contribution in [0.15, 0.2) is 78.9 Å². The van der Waals surface area contributed by atoms with Crippen molar-refractivity contribution in [3.63, 3.8) is 0 Å². The van der Waals surface area contributed by atoms with Crippen LogP contribution in [0.5, 0.6) is 0 Å². The van der Waals surface area contributed by atoms with Crippen molar-refractivity contribution in [3.8, 4) is 0 Å². The van der Waals surface area contributed by atoms with E-state index in [1.807, 2.05) is 49.4 Å². The summed E-state index contributed by atoms with van der Waals surface area (Å²) in [4.78, 5) is 37.9. The number of benzene rings is 3. The Hall–Kier alpha value is -3.64. The molecule has 0 aliphatic heterocycles. The van der Waals surface area contributed by atoms with E-state index in [1.165, 1.54) is 0 Å². The largest absolute Gasteiger partial charge is 0.340 e. The molecular weight excluding hydrogens is 426 g/mol. The molecule has 6 nitrogen and oxygen atoms in total. The van der Waals surface area contributed by atoms with E-state index < -0.39 is 23.8 Å². The van der Waals surface area contributed by atoms with E-state index in [4.69, 9.17) is 11.6 Å². The van der Waals surface area contributed by atoms with Gasteiger partial charge in [-0.25, -0.2) is 0 Å². The van der Waals surface area contributed by atoms with Crippen LogP contribution in [-0.4, -0.2) is 23.8 Å². The Morgan fingerprint density at radius 2 is 1.34 bits per heavy atom. The first-order chi connectivity index (χ1) is 15.5. The van der Waals surface area contributed by atoms with Crippen molar-refractivity contribution in [2.24, 2.45) is 0 Å². The first kappa shape index (κ1) is 23.0. The number of hydrogen-bond donors (Lipinski definition) is 3. The Bertz CT molecular complexity index is 1070. The molecule has 3 amide bonds. The van der Waals surface area contributed by atoms with Gasteiger partial charge in [0.15, 0.2) is 0 Å². The van der Waals surface area contributed by atoms with Crippen LogP contribution in [0.2, 0.25) is 5.02 Å². The van der Waals surface area contributed by atoms with Crippen LogP contribution in [0.4, 0.5) is 0 Å². The molecule has 3 rings (SSSR count). The molecule has 3 N–H and O–H groups in total. The second-order valence-electron chi connectivity index (χ2n) is 7.22. The lowest BCUT2D eigenvalue weighted by Gasteiger charge is -2.19. The van der Waals surface area contributed by atoms with Crippen molar-refractivity contribution in [3.05, 3.63) is 106 Å². The molecule has 32 heavy (non-hydrogen) atoms. The Morgan fingerprint density at radius 1 is 0.750 bits per heavy atom. The van der Waals surface area contributed by atoms with Gasteiger partial charge < -0.3 is 5.32 Å². The molecule has 0 fully saturated rings. The van der Waals surface area contributed by atoms with E-state index in [9.17, 15) is 14.4 Å². The van der Waals surface area contributed by atoms with Crippen LogP contribution in [0.3, 0.4) is 0 Å². The molecule has 164 valence electrons. The highest BCUT2D eigenvalue weighted by molar-refractivity contribution is 6.30. The van der Waals surface area contributed by atoms with Gasteiger partial charge in [0.1, 0.15) is 6.04 Å². The summed E-state index contributed by atoms with van der Waals surface area (Å²) in [5.41, 5.74) is 7.61. The van der Waals surface area contributed by atoms with E-state index in [1.54, 1.807) is 36.4 Å². The van der Waals surface area contributed by atoms with Gasteiger partial charge in [-0.2, -0.15) is 0 Å². The summed E-state index contributed by atoms with van der Waals surface area (Å²) in [5, 5.41) is 3.24. The molecular formula is C25H24ClN3O3. The number of hydrogen-bond acceptors (Lipinski definition) is 3. The summed E-state index contributed by atoms with van der Waals surface area (Å²) in [6, 6.07) is 21.9. The van der Waals surface area contributed by atoms with E-state index in [0.29, 0.717) is 16.1 Å². The Balaban J connectivity index is 1.68. The predicted molar refractivity (Wildman–Crippen MR) is 124 cm³/mol. The van der Waals surface area contributed by atoms with Gasteiger partial charge in [-0.15, -0.1) is 0 Å². The number of amides is 3. The maximum Gasteiger partial charge on any atom is 0.269 e. The Labute approximate surface area is 192 Å².